The van der Waals surface area contributed by atoms with Crippen molar-refractivity contribution < 1.29 is 0 Å². The number of hydrogen-bond acceptors (Lipinski definition) is 5. The third kappa shape index (κ3) is 3.40. The minimum atomic E-state index is 0.808. The molecule has 0 radical (unpaired) electrons. The molecule has 5 rings (SSSR count). The van der Waals surface area contributed by atoms with Crippen molar-refractivity contribution >= 4 is 27.8 Å². The lowest BCUT2D eigenvalue weighted by Gasteiger charge is -2.10. The van der Waals surface area contributed by atoms with Gasteiger partial charge in [0.1, 0.15) is 17.7 Å². The number of rotatable bonds is 5. The molecule has 29 heavy (non-hydrogen) atoms. The molecule has 3 heterocycles. The largest absolute Gasteiger partial charge is 0.369 e. The van der Waals surface area contributed by atoms with Crippen LogP contribution in [0.25, 0.3) is 33.1 Å². The molecule has 6 nitrogen and oxygen atoms in total. The second kappa shape index (κ2) is 7.31. The summed E-state index contributed by atoms with van der Waals surface area (Å²) in [6.45, 7) is 0.808. The highest BCUT2D eigenvalue weighted by Crippen LogP contribution is 2.28. The van der Waals surface area contributed by atoms with Crippen molar-refractivity contribution in [2.75, 3.05) is 11.9 Å². The number of fused-ring (bicyclic) bond motifs is 2. The molecule has 0 saturated carbocycles. The maximum absolute atomic E-state index is 4.53. The van der Waals surface area contributed by atoms with E-state index in [1.807, 2.05) is 30.1 Å². The lowest BCUT2D eigenvalue weighted by molar-refractivity contribution is 0.797. The van der Waals surface area contributed by atoms with Crippen LogP contribution in [0.15, 0.2) is 73.3 Å². The summed E-state index contributed by atoms with van der Waals surface area (Å²) in [4.78, 5) is 13.4. The van der Waals surface area contributed by atoms with Crippen LogP contribution >= 0.6 is 0 Å². The molecular formula is C23H20N6. The van der Waals surface area contributed by atoms with Gasteiger partial charge in [0.15, 0.2) is 0 Å². The van der Waals surface area contributed by atoms with Crippen LogP contribution in [-0.2, 0) is 13.5 Å². The number of hydrogen-bond donors (Lipinski definition) is 1. The summed E-state index contributed by atoms with van der Waals surface area (Å²) in [5, 5.41) is 8.75. The van der Waals surface area contributed by atoms with Crippen LogP contribution in [0.5, 0.6) is 0 Å². The molecule has 0 unspecified atom stereocenters. The molecule has 1 N–H and O–H groups in total. The first-order chi connectivity index (χ1) is 14.3. The molecule has 0 amide bonds. The zero-order valence-electron chi connectivity index (χ0n) is 16.1. The van der Waals surface area contributed by atoms with Crippen LogP contribution in [0.4, 0.5) is 5.82 Å². The Labute approximate surface area is 168 Å². The Morgan fingerprint density at radius 3 is 2.66 bits per heavy atom. The quantitative estimate of drug-likeness (QED) is 0.494. The van der Waals surface area contributed by atoms with Gasteiger partial charge in [-0.05, 0) is 35.7 Å². The summed E-state index contributed by atoms with van der Waals surface area (Å²) in [7, 11) is 1.93. The van der Waals surface area contributed by atoms with Crippen LogP contribution in [0, 0.1) is 0 Å². The van der Waals surface area contributed by atoms with Crippen molar-refractivity contribution in [3.63, 3.8) is 0 Å². The SMILES string of the molecule is Cn1ncc2ncc(-c3ccc4ncnc(NCCc5ccccc5)c4c3)cc21. The average molecular weight is 380 g/mol. The van der Waals surface area contributed by atoms with Gasteiger partial charge in [0, 0.05) is 30.7 Å². The van der Waals surface area contributed by atoms with Crippen LogP contribution in [0.2, 0.25) is 0 Å². The number of anilines is 1. The highest BCUT2D eigenvalue weighted by Gasteiger charge is 2.08. The van der Waals surface area contributed by atoms with E-state index in [0.717, 1.165) is 51.8 Å². The van der Waals surface area contributed by atoms with Gasteiger partial charge < -0.3 is 5.32 Å². The van der Waals surface area contributed by atoms with Gasteiger partial charge in [0.2, 0.25) is 0 Å². The molecular weight excluding hydrogens is 360 g/mol. The monoisotopic (exact) mass is 380 g/mol. The van der Waals surface area contributed by atoms with Gasteiger partial charge in [0.05, 0.1) is 17.2 Å². The standard InChI is InChI=1S/C23H20N6/c1-29-22-12-18(13-25-21(22)14-28-29)17-7-8-20-19(11-17)23(27-15-26-20)24-10-9-16-5-3-2-4-6-16/h2-8,11-15H,9-10H2,1H3,(H,24,26,27). The third-order valence-corrected chi connectivity index (χ3v) is 5.12. The van der Waals surface area contributed by atoms with Gasteiger partial charge in [0.25, 0.3) is 0 Å². The Hall–Kier alpha value is -3.80. The van der Waals surface area contributed by atoms with Crippen molar-refractivity contribution in [3.05, 3.63) is 78.9 Å². The van der Waals surface area contributed by atoms with E-state index < -0.39 is 0 Å². The topological polar surface area (TPSA) is 68.5 Å². The Morgan fingerprint density at radius 2 is 1.76 bits per heavy atom. The smallest absolute Gasteiger partial charge is 0.137 e. The zero-order valence-corrected chi connectivity index (χ0v) is 16.1. The maximum Gasteiger partial charge on any atom is 0.137 e. The summed E-state index contributed by atoms with van der Waals surface area (Å²) >= 11 is 0. The fourth-order valence-electron chi connectivity index (χ4n) is 3.53. The Bertz CT molecular complexity index is 1290. The summed E-state index contributed by atoms with van der Waals surface area (Å²) in [5.41, 5.74) is 6.24. The van der Waals surface area contributed by atoms with E-state index in [1.165, 1.54) is 5.56 Å². The van der Waals surface area contributed by atoms with E-state index in [0.29, 0.717) is 0 Å². The molecule has 2 aromatic carbocycles. The van der Waals surface area contributed by atoms with E-state index in [-0.39, 0.29) is 0 Å². The number of aryl methyl sites for hydroxylation is 1. The van der Waals surface area contributed by atoms with Crippen molar-refractivity contribution in [2.24, 2.45) is 7.05 Å². The van der Waals surface area contributed by atoms with Crippen LogP contribution in [0.3, 0.4) is 0 Å². The second-order valence-corrected chi connectivity index (χ2v) is 7.01. The highest BCUT2D eigenvalue weighted by molar-refractivity contribution is 5.93. The van der Waals surface area contributed by atoms with Crippen molar-refractivity contribution in [1.82, 2.24) is 24.7 Å². The first-order valence-electron chi connectivity index (χ1n) is 9.58. The van der Waals surface area contributed by atoms with Crippen molar-refractivity contribution in [1.29, 1.82) is 0 Å². The highest BCUT2D eigenvalue weighted by atomic mass is 15.3. The summed E-state index contributed by atoms with van der Waals surface area (Å²) in [6.07, 6.45) is 6.21. The van der Waals surface area contributed by atoms with Crippen molar-refractivity contribution in [3.8, 4) is 11.1 Å². The Balaban J connectivity index is 1.46. The number of aromatic nitrogens is 5. The van der Waals surface area contributed by atoms with E-state index in [9.17, 15) is 0 Å². The molecule has 0 aliphatic rings. The van der Waals surface area contributed by atoms with E-state index in [4.69, 9.17) is 0 Å². The third-order valence-electron chi connectivity index (χ3n) is 5.12. The number of nitrogens with zero attached hydrogens (tertiary/aromatic N) is 5. The van der Waals surface area contributed by atoms with E-state index >= 15 is 0 Å². The van der Waals surface area contributed by atoms with Gasteiger partial charge >= 0.3 is 0 Å². The summed E-state index contributed by atoms with van der Waals surface area (Å²) in [6, 6.07) is 18.8. The minimum absolute atomic E-state index is 0.808. The van der Waals surface area contributed by atoms with E-state index in [2.05, 4.69) is 67.8 Å². The van der Waals surface area contributed by atoms with Crippen LogP contribution < -0.4 is 5.32 Å². The fraction of sp³-hybridized carbons (Fsp3) is 0.130. The lowest BCUT2D eigenvalue weighted by Crippen LogP contribution is -2.07. The molecule has 0 fully saturated rings. The molecule has 0 aliphatic carbocycles. The lowest BCUT2D eigenvalue weighted by atomic mass is 10.0. The number of nitrogens with one attached hydrogen (secondary N) is 1. The minimum Gasteiger partial charge on any atom is -0.369 e. The molecule has 0 aliphatic heterocycles. The number of benzene rings is 2. The predicted octanol–water partition coefficient (Wildman–Crippen LogP) is 4.23. The van der Waals surface area contributed by atoms with Crippen molar-refractivity contribution in [2.45, 2.75) is 6.42 Å². The van der Waals surface area contributed by atoms with Gasteiger partial charge in [-0.15, -0.1) is 0 Å². The average Bonchev–Trinajstić information content (AvgIpc) is 3.14. The van der Waals surface area contributed by atoms with Gasteiger partial charge in [-0.3, -0.25) is 9.67 Å². The Kier molecular flexibility index (Phi) is 4.37. The Morgan fingerprint density at radius 1 is 0.862 bits per heavy atom. The predicted molar refractivity (Wildman–Crippen MR) is 116 cm³/mol. The van der Waals surface area contributed by atoms with Gasteiger partial charge in [-0.2, -0.15) is 5.10 Å². The number of pyridine rings is 1. The first-order valence-corrected chi connectivity index (χ1v) is 9.58. The molecule has 0 atom stereocenters. The van der Waals surface area contributed by atoms with Crippen LogP contribution in [-0.4, -0.2) is 31.3 Å². The first kappa shape index (κ1) is 17.3. The maximum atomic E-state index is 4.53. The molecule has 3 aromatic heterocycles. The molecule has 5 aromatic rings. The van der Waals surface area contributed by atoms with E-state index in [1.54, 1.807) is 12.5 Å². The second-order valence-electron chi connectivity index (χ2n) is 7.01. The van der Waals surface area contributed by atoms with Gasteiger partial charge in [-0.25, -0.2) is 9.97 Å². The molecule has 0 saturated heterocycles. The van der Waals surface area contributed by atoms with Crippen LogP contribution in [0.1, 0.15) is 5.56 Å². The molecule has 142 valence electrons. The molecule has 0 bridgehead atoms. The van der Waals surface area contributed by atoms with Gasteiger partial charge in [-0.1, -0.05) is 36.4 Å². The zero-order chi connectivity index (χ0) is 19.6. The summed E-state index contributed by atoms with van der Waals surface area (Å²) in [5.74, 6) is 0.849. The molecule has 0 spiro atoms. The normalized spacial score (nSPS) is 11.2. The molecule has 6 heteroatoms. The fourth-order valence-corrected chi connectivity index (χ4v) is 3.53. The summed E-state index contributed by atoms with van der Waals surface area (Å²) < 4.78 is 1.84.